The molecule has 3 aromatic rings. The third-order valence-corrected chi connectivity index (χ3v) is 3.97. The second kappa shape index (κ2) is 8.53. The fraction of sp³-hybridized carbons (Fsp3) is 0.250. The summed E-state index contributed by atoms with van der Waals surface area (Å²) in [6.45, 7) is 2.16. The van der Waals surface area contributed by atoms with Gasteiger partial charge in [-0.2, -0.15) is 0 Å². The van der Waals surface area contributed by atoms with E-state index in [9.17, 15) is 13.6 Å². The summed E-state index contributed by atoms with van der Waals surface area (Å²) in [4.78, 5) is 12.1. The highest BCUT2D eigenvalue weighted by atomic mass is 19.1. The molecule has 27 heavy (non-hydrogen) atoms. The molecule has 0 aliphatic heterocycles. The quantitative estimate of drug-likeness (QED) is 0.461. The number of rotatable bonds is 7. The Labute approximate surface area is 155 Å². The van der Waals surface area contributed by atoms with Crippen LogP contribution in [0.3, 0.4) is 0 Å². The maximum Gasteiger partial charge on any atom is 0.327 e. The molecule has 0 unspecified atom stereocenters. The van der Waals surface area contributed by atoms with Gasteiger partial charge in [0.15, 0.2) is 0 Å². The topological polar surface area (TPSA) is 57.0 Å². The van der Waals surface area contributed by atoms with Gasteiger partial charge in [-0.3, -0.25) is 4.79 Å². The highest BCUT2D eigenvalue weighted by Crippen LogP contribution is 2.31. The van der Waals surface area contributed by atoms with E-state index in [0.29, 0.717) is 29.1 Å². The summed E-state index contributed by atoms with van der Waals surface area (Å²) >= 11 is 0. The largest absolute Gasteiger partial charge is 0.464 e. The molecule has 0 N–H and O–H groups in total. The zero-order valence-corrected chi connectivity index (χ0v) is 14.9. The molecule has 140 valence electrons. The van der Waals surface area contributed by atoms with Gasteiger partial charge in [0.2, 0.25) is 0 Å². The second-order valence-corrected chi connectivity index (χ2v) is 6.04. The lowest BCUT2D eigenvalue weighted by Gasteiger charge is -2.09. The minimum Gasteiger partial charge on any atom is -0.464 e. The van der Waals surface area contributed by atoms with E-state index in [1.54, 1.807) is 24.3 Å². The first-order chi connectivity index (χ1) is 13.1. The number of benzene rings is 2. The number of esters is 1. The van der Waals surface area contributed by atoms with Crippen LogP contribution in [0.4, 0.5) is 8.78 Å². The molecule has 7 heteroatoms. The molecule has 0 radical (unpaired) electrons. The molecule has 0 bridgehead atoms. The van der Waals surface area contributed by atoms with Crippen LogP contribution in [-0.2, 0) is 16.1 Å². The van der Waals surface area contributed by atoms with Gasteiger partial charge in [0.1, 0.15) is 23.9 Å². The van der Waals surface area contributed by atoms with Crippen molar-refractivity contribution in [1.29, 1.82) is 0 Å². The maximum atomic E-state index is 13.8. The van der Waals surface area contributed by atoms with Crippen LogP contribution < -0.4 is 0 Å². The van der Waals surface area contributed by atoms with Crippen molar-refractivity contribution in [3.8, 4) is 22.5 Å². The number of hydrogen-bond donors (Lipinski definition) is 0. The van der Waals surface area contributed by atoms with E-state index in [1.165, 1.54) is 28.9 Å². The van der Waals surface area contributed by atoms with E-state index >= 15 is 0 Å². The standard InChI is InChI=1S/C20H19F2N3O2/c1-2-3-10-27-18(26)13-25-20(15-7-5-9-17(22)12-15)19(23-24-25)14-6-4-8-16(21)11-14/h4-9,11-12H,2-3,10,13H2,1H3. The zero-order chi connectivity index (χ0) is 19.2. The van der Waals surface area contributed by atoms with Crippen LogP contribution in [0, 0.1) is 11.6 Å². The predicted octanol–water partition coefficient (Wildman–Crippen LogP) is 4.23. The number of carbonyl (C=O) groups is 1. The number of aromatic nitrogens is 3. The molecular formula is C20H19F2N3O2. The van der Waals surface area contributed by atoms with E-state index < -0.39 is 17.6 Å². The third-order valence-electron chi connectivity index (χ3n) is 3.97. The number of unbranched alkanes of at least 4 members (excludes halogenated alkanes) is 1. The first-order valence-electron chi connectivity index (χ1n) is 8.69. The van der Waals surface area contributed by atoms with Crippen molar-refractivity contribution in [3.63, 3.8) is 0 Å². The third kappa shape index (κ3) is 4.55. The van der Waals surface area contributed by atoms with E-state index in [-0.39, 0.29) is 6.54 Å². The highest BCUT2D eigenvalue weighted by Gasteiger charge is 2.19. The molecule has 1 aromatic heterocycles. The molecular weight excluding hydrogens is 352 g/mol. The monoisotopic (exact) mass is 371 g/mol. The van der Waals surface area contributed by atoms with Gasteiger partial charge in [0, 0.05) is 11.1 Å². The average Bonchev–Trinajstić information content (AvgIpc) is 3.05. The van der Waals surface area contributed by atoms with Gasteiger partial charge in [-0.05, 0) is 30.7 Å². The van der Waals surface area contributed by atoms with Gasteiger partial charge < -0.3 is 4.74 Å². The van der Waals surface area contributed by atoms with Crippen LogP contribution in [0.5, 0.6) is 0 Å². The van der Waals surface area contributed by atoms with Crippen molar-refractivity contribution in [2.24, 2.45) is 0 Å². The molecule has 5 nitrogen and oxygen atoms in total. The minimum absolute atomic E-state index is 0.169. The van der Waals surface area contributed by atoms with Crippen LogP contribution in [0.25, 0.3) is 22.5 Å². The lowest BCUT2D eigenvalue weighted by atomic mass is 10.0. The van der Waals surface area contributed by atoms with Crippen molar-refractivity contribution in [2.45, 2.75) is 26.3 Å². The van der Waals surface area contributed by atoms with Crippen molar-refractivity contribution >= 4 is 5.97 Å². The van der Waals surface area contributed by atoms with Gasteiger partial charge in [-0.1, -0.05) is 42.8 Å². The molecule has 0 aliphatic rings. The first kappa shape index (κ1) is 18.7. The molecule has 0 aliphatic carbocycles. The molecule has 0 saturated carbocycles. The lowest BCUT2D eigenvalue weighted by Crippen LogP contribution is -2.16. The van der Waals surface area contributed by atoms with E-state index in [0.717, 1.165) is 12.8 Å². The number of ether oxygens (including phenoxy) is 1. The maximum absolute atomic E-state index is 13.8. The first-order valence-corrected chi connectivity index (χ1v) is 8.69. The van der Waals surface area contributed by atoms with Crippen LogP contribution in [0.1, 0.15) is 19.8 Å². The number of halogens is 2. The summed E-state index contributed by atoms with van der Waals surface area (Å²) in [5, 5.41) is 8.12. The fourth-order valence-electron chi connectivity index (χ4n) is 2.67. The molecule has 0 atom stereocenters. The van der Waals surface area contributed by atoms with Gasteiger partial charge in [-0.25, -0.2) is 13.5 Å². The van der Waals surface area contributed by atoms with Crippen LogP contribution in [0.15, 0.2) is 48.5 Å². The smallest absolute Gasteiger partial charge is 0.327 e. The van der Waals surface area contributed by atoms with Crippen LogP contribution >= 0.6 is 0 Å². The van der Waals surface area contributed by atoms with Gasteiger partial charge in [0.25, 0.3) is 0 Å². The SMILES string of the molecule is CCCCOC(=O)Cn1nnc(-c2cccc(F)c2)c1-c1cccc(F)c1. The average molecular weight is 371 g/mol. The van der Waals surface area contributed by atoms with Gasteiger partial charge in [0.05, 0.1) is 12.3 Å². The molecule has 0 fully saturated rings. The fourth-order valence-corrected chi connectivity index (χ4v) is 2.67. The summed E-state index contributed by atoms with van der Waals surface area (Å²) in [5.74, 6) is -1.32. The van der Waals surface area contributed by atoms with E-state index in [4.69, 9.17) is 4.74 Å². The lowest BCUT2D eigenvalue weighted by molar-refractivity contribution is -0.144. The van der Waals surface area contributed by atoms with E-state index in [2.05, 4.69) is 10.3 Å². The Bertz CT molecular complexity index is 940. The number of nitrogens with zero attached hydrogens (tertiary/aromatic N) is 3. The summed E-state index contributed by atoms with van der Waals surface area (Å²) in [6, 6.07) is 11.7. The number of hydrogen-bond acceptors (Lipinski definition) is 4. The van der Waals surface area contributed by atoms with Crippen molar-refractivity contribution in [2.75, 3.05) is 6.61 Å². The minimum atomic E-state index is -0.461. The second-order valence-electron chi connectivity index (χ2n) is 6.04. The molecule has 1 heterocycles. The van der Waals surface area contributed by atoms with Crippen molar-refractivity contribution < 1.29 is 18.3 Å². The number of carbonyl (C=O) groups excluding carboxylic acids is 1. The van der Waals surface area contributed by atoms with Crippen LogP contribution in [0.2, 0.25) is 0 Å². The van der Waals surface area contributed by atoms with E-state index in [1.807, 2.05) is 6.92 Å². The molecule has 0 spiro atoms. The Balaban J connectivity index is 2.00. The Morgan fingerprint density at radius 3 is 2.41 bits per heavy atom. The summed E-state index contributed by atoms with van der Waals surface area (Å²) in [6.07, 6.45) is 1.68. The molecule has 2 aromatic carbocycles. The summed E-state index contributed by atoms with van der Waals surface area (Å²) in [5.41, 5.74) is 1.76. The summed E-state index contributed by atoms with van der Waals surface area (Å²) in [7, 11) is 0. The Morgan fingerprint density at radius 1 is 1.07 bits per heavy atom. The summed E-state index contributed by atoms with van der Waals surface area (Å²) < 4.78 is 33.9. The Hall–Kier alpha value is -3.09. The zero-order valence-electron chi connectivity index (χ0n) is 14.9. The predicted molar refractivity (Wildman–Crippen MR) is 96.7 cm³/mol. The van der Waals surface area contributed by atoms with Crippen LogP contribution in [-0.4, -0.2) is 27.6 Å². The highest BCUT2D eigenvalue weighted by molar-refractivity contribution is 5.79. The molecule has 3 rings (SSSR count). The molecule has 0 saturated heterocycles. The Kier molecular flexibility index (Phi) is 5.90. The van der Waals surface area contributed by atoms with Crippen molar-refractivity contribution in [3.05, 3.63) is 60.2 Å². The van der Waals surface area contributed by atoms with Gasteiger partial charge >= 0.3 is 5.97 Å². The van der Waals surface area contributed by atoms with Crippen molar-refractivity contribution in [1.82, 2.24) is 15.0 Å². The Morgan fingerprint density at radius 2 is 1.74 bits per heavy atom. The molecule has 0 amide bonds. The van der Waals surface area contributed by atoms with Gasteiger partial charge in [-0.15, -0.1) is 5.10 Å². The normalized spacial score (nSPS) is 10.8.